The van der Waals surface area contributed by atoms with Crippen molar-refractivity contribution in [3.05, 3.63) is 35.0 Å². The second-order valence-electron chi connectivity index (χ2n) is 6.28. The van der Waals surface area contributed by atoms with Gasteiger partial charge in [-0.05, 0) is 57.8 Å². The summed E-state index contributed by atoms with van der Waals surface area (Å²) in [6.07, 6.45) is 5.14. The van der Waals surface area contributed by atoms with E-state index in [1.54, 1.807) is 6.20 Å². The number of nitrogens with one attached hydrogen (secondary N) is 1. The van der Waals surface area contributed by atoms with Crippen LogP contribution in [-0.4, -0.2) is 47.5 Å². The highest BCUT2D eigenvalue weighted by molar-refractivity contribution is 7.17. The first-order valence-electron chi connectivity index (χ1n) is 8.51. The fraction of sp³-hybridized carbons (Fsp3) is 0.500. The third kappa shape index (κ3) is 3.82. The Hall–Kier alpha value is -1.79. The first-order valence-corrected chi connectivity index (χ1v) is 9.33. The van der Waals surface area contributed by atoms with Crippen LogP contribution in [0.1, 0.15) is 34.6 Å². The number of piperidine rings is 1. The van der Waals surface area contributed by atoms with E-state index < -0.39 is 0 Å². The average Bonchev–Trinajstić information content (AvgIpc) is 3.02. The lowest BCUT2D eigenvalue weighted by Gasteiger charge is -2.31. The third-order valence-corrected chi connectivity index (χ3v) is 5.75. The number of thiazole rings is 1. The molecule has 5 nitrogen and oxygen atoms in total. The van der Waals surface area contributed by atoms with Gasteiger partial charge in [0.25, 0.3) is 5.91 Å². The quantitative estimate of drug-likeness (QED) is 0.906. The molecule has 2 aromatic rings. The summed E-state index contributed by atoms with van der Waals surface area (Å²) >= 11 is 1.45. The number of hydrogen-bond acceptors (Lipinski definition) is 5. The van der Waals surface area contributed by atoms with Gasteiger partial charge >= 0.3 is 0 Å². The minimum absolute atomic E-state index is 0.124. The minimum Gasteiger partial charge on any atom is -0.338 e. The summed E-state index contributed by atoms with van der Waals surface area (Å²) in [6, 6.07) is 5.75. The van der Waals surface area contributed by atoms with E-state index in [1.807, 2.05) is 37.1 Å². The molecule has 0 bridgehead atoms. The number of aryl methyl sites for hydroxylation is 1. The lowest BCUT2D eigenvalue weighted by molar-refractivity contribution is 0.0691. The highest BCUT2D eigenvalue weighted by atomic mass is 32.1. The van der Waals surface area contributed by atoms with Crippen LogP contribution in [-0.2, 0) is 0 Å². The van der Waals surface area contributed by atoms with Crippen LogP contribution < -0.4 is 5.32 Å². The minimum atomic E-state index is 0.124. The molecule has 0 aromatic carbocycles. The summed E-state index contributed by atoms with van der Waals surface area (Å²) in [4.78, 5) is 24.5. The number of carbonyl (C=O) groups excluding carboxylic acids is 1. The van der Waals surface area contributed by atoms with Crippen LogP contribution in [0.2, 0.25) is 0 Å². The van der Waals surface area contributed by atoms with Crippen molar-refractivity contribution >= 4 is 17.2 Å². The molecular formula is C18H24N4OS. The van der Waals surface area contributed by atoms with Crippen molar-refractivity contribution in [2.75, 3.05) is 26.7 Å². The normalized spacial score (nSPS) is 15.7. The zero-order chi connectivity index (χ0) is 16.9. The highest BCUT2D eigenvalue weighted by Crippen LogP contribution is 2.29. The third-order valence-electron chi connectivity index (χ3n) is 4.58. The van der Waals surface area contributed by atoms with Gasteiger partial charge in [-0.25, -0.2) is 4.98 Å². The Morgan fingerprint density at radius 1 is 1.38 bits per heavy atom. The summed E-state index contributed by atoms with van der Waals surface area (Å²) in [6.45, 7) is 4.67. The lowest BCUT2D eigenvalue weighted by atomic mass is 9.93. The van der Waals surface area contributed by atoms with E-state index in [0.717, 1.165) is 59.7 Å². The Bertz CT molecular complexity index is 678. The molecule has 1 saturated heterocycles. The molecule has 1 N–H and O–H groups in total. The smallest absolute Gasteiger partial charge is 0.265 e. The molecule has 3 rings (SSSR count). The Labute approximate surface area is 147 Å². The number of pyridine rings is 1. The van der Waals surface area contributed by atoms with Gasteiger partial charge in [0.2, 0.25) is 0 Å². The van der Waals surface area contributed by atoms with E-state index in [-0.39, 0.29) is 5.91 Å². The average molecular weight is 344 g/mol. The highest BCUT2D eigenvalue weighted by Gasteiger charge is 2.26. The first-order chi connectivity index (χ1) is 11.7. The second-order valence-corrected chi connectivity index (χ2v) is 7.28. The SMILES string of the molecule is CNCCC1CCN(C(=O)c2sc(-c3ccccn3)nc2C)CC1. The van der Waals surface area contributed by atoms with Crippen LogP contribution >= 0.6 is 11.3 Å². The Morgan fingerprint density at radius 3 is 2.83 bits per heavy atom. The number of hydrogen-bond donors (Lipinski definition) is 1. The van der Waals surface area contributed by atoms with Crippen molar-refractivity contribution < 1.29 is 4.79 Å². The van der Waals surface area contributed by atoms with Crippen molar-refractivity contribution in [2.24, 2.45) is 5.92 Å². The Morgan fingerprint density at radius 2 is 2.17 bits per heavy atom. The monoisotopic (exact) mass is 344 g/mol. The molecule has 1 aliphatic heterocycles. The zero-order valence-electron chi connectivity index (χ0n) is 14.3. The van der Waals surface area contributed by atoms with Gasteiger partial charge in [0.05, 0.1) is 11.4 Å². The Balaban J connectivity index is 1.67. The van der Waals surface area contributed by atoms with Crippen molar-refractivity contribution in [1.82, 2.24) is 20.2 Å². The van der Waals surface area contributed by atoms with E-state index in [9.17, 15) is 4.79 Å². The standard InChI is InChI=1S/C18H24N4OS/c1-13-16(24-17(21-13)15-5-3-4-9-20-15)18(23)22-11-7-14(8-12-22)6-10-19-2/h3-5,9,14,19H,6-8,10-12H2,1-2H3. The number of amides is 1. The molecule has 0 aliphatic carbocycles. The fourth-order valence-corrected chi connectivity index (χ4v) is 4.12. The van der Waals surface area contributed by atoms with Crippen molar-refractivity contribution in [3.63, 3.8) is 0 Å². The summed E-state index contributed by atoms with van der Waals surface area (Å²) in [5.74, 6) is 0.854. The van der Waals surface area contributed by atoms with Gasteiger partial charge in [-0.1, -0.05) is 6.07 Å². The molecule has 6 heteroatoms. The number of carbonyl (C=O) groups is 1. The van der Waals surface area contributed by atoms with Crippen LogP contribution in [0.5, 0.6) is 0 Å². The van der Waals surface area contributed by atoms with Gasteiger partial charge in [0.15, 0.2) is 0 Å². The van der Waals surface area contributed by atoms with Gasteiger partial charge in [0, 0.05) is 19.3 Å². The van der Waals surface area contributed by atoms with Crippen LogP contribution in [0.25, 0.3) is 10.7 Å². The molecular weight excluding hydrogens is 320 g/mol. The van der Waals surface area contributed by atoms with Gasteiger partial charge < -0.3 is 10.2 Å². The molecule has 0 radical (unpaired) electrons. The molecule has 1 aliphatic rings. The van der Waals surface area contributed by atoms with Crippen molar-refractivity contribution in [2.45, 2.75) is 26.2 Å². The van der Waals surface area contributed by atoms with Gasteiger partial charge in [0.1, 0.15) is 9.88 Å². The van der Waals surface area contributed by atoms with E-state index in [2.05, 4.69) is 15.3 Å². The maximum absolute atomic E-state index is 12.8. The predicted octanol–water partition coefficient (Wildman–Crippen LogP) is 2.98. The molecule has 2 aromatic heterocycles. The summed E-state index contributed by atoms with van der Waals surface area (Å²) in [7, 11) is 1.99. The maximum atomic E-state index is 12.8. The van der Waals surface area contributed by atoms with Crippen molar-refractivity contribution in [1.29, 1.82) is 0 Å². The molecule has 1 fully saturated rings. The largest absolute Gasteiger partial charge is 0.338 e. The maximum Gasteiger partial charge on any atom is 0.265 e. The molecule has 3 heterocycles. The van der Waals surface area contributed by atoms with Crippen LogP contribution in [0.4, 0.5) is 0 Å². The number of aromatic nitrogens is 2. The van der Waals surface area contributed by atoms with Crippen molar-refractivity contribution in [3.8, 4) is 10.7 Å². The molecule has 0 atom stereocenters. The van der Waals surface area contributed by atoms with Gasteiger partial charge in [-0.3, -0.25) is 9.78 Å². The molecule has 128 valence electrons. The van der Waals surface area contributed by atoms with Gasteiger partial charge in [-0.15, -0.1) is 11.3 Å². The number of rotatable bonds is 5. The second kappa shape index (κ2) is 7.85. The fourth-order valence-electron chi connectivity index (χ4n) is 3.11. The first kappa shape index (κ1) is 17.0. The van der Waals surface area contributed by atoms with E-state index in [1.165, 1.54) is 17.8 Å². The van der Waals surface area contributed by atoms with E-state index in [4.69, 9.17) is 0 Å². The van der Waals surface area contributed by atoms with Crippen LogP contribution in [0.3, 0.4) is 0 Å². The van der Waals surface area contributed by atoms with Gasteiger partial charge in [-0.2, -0.15) is 0 Å². The summed E-state index contributed by atoms with van der Waals surface area (Å²) < 4.78 is 0. The zero-order valence-corrected chi connectivity index (χ0v) is 15.1. The number of nitrogens with zero attached hydrogens (tertiary/aromatic N) is 3. The summed E-state index contributed by atoms with van der Waals surface area (Å²) in [5, 5.41) is 4.03. The number of likely N-dealkylation sites (tertiary alicyclic amines) is 1. The Kier molecular flexibility index (Phi) is 5.58. The van der Waals surface area contributed by atoms with E-state index >= 15 is 0 Å². The lowest BCUT2D eigenvalue weighted by Crippen LogP contribution is -2.38. The predicted molar refractivity (Wildman–Crippen MR) is 97.3 cm³/mol. The van der Waals surface area contributed by atoms with E-state index in [0.29, 0.717) is 0 Å². The molecule has 0 spiro atoms. The summed E-state index contributed by atoms with van der Waals surface area (Å²) in [5.41, 5.74) is 1.64. The molecule has 24 heavy (non-hydrogen) atoms. The molecule has 1 amide bonds. The molecule has 0 unspecified atom stereocenters. The van der Waals surface area contributed by atoms with Crippen LogP contribution in [0.15, 0.2) is 24.4 Å². The van der Waals surface area contributed by atoms with Crippen LogP contribution in [0, 0.1) is 12.8 Å². The topological polar surface area (TPSA) is 58.1 Å². The molecule has 0 saturated carbocycles.